The summed E-state index contributed by atoms with van der Waals surface area (Å²) in [5.74, 6) is 0.137. The summed E-state index contributed by atoms with van der Waals surface area (Å²) >= 11 is 1.68. The van der Waals surface area contributed by atoms with Gasteiger partial charge >= 0.3 is 0 Å². The van der Waals surface area contributed by atoms with Gasteiger partial charge < -0.3 is 14.7 Å². The summed E-state index contributed by atoms with van der Waals surface area (Å²) in [6.07, 6.45) is 2.31. The predicted molar refractivity (Wildman–Crippen MR) is 87.4 cm³/mol. The van der Waals surface area contributed by atoms with Gasteiger partial charge in [0, 0.05) is 41.3 Å². The van der Waals surface area contributed by atoms with Crippen LogP contribution in [0.25, 0.3) is 0 Å². The van der Waals surface area contributed by atoms with Crippen LogP contribution in [0.5, 0.6) is 0 Å². The fourth-order valence-electron chi connectivity index (χ4n) is 3.96. The van der Waals surface area contributed by atoms with E-state index < -0.39 is 0 Å². The number of amides is 1. The van der Waals surface area contributed by atoms with Crippen molar-refractivity contribution in [2.45, 2.75) is 52.2 Å². The Kier molecular flexibility index (Phi) is 4.32. The van der Waals surface area contributed by atoms with Crippen molar-refractivity contribution in [3.63, 3.8) is 0 Å². The van der Waals surface area contributed by atoms with E-state index in [4.69, 9.17) is 4.74 Å². The highest BCUT2D eigenvalue weighted by atomic mass is 32.1. The molecule has 2 heterocycles. The number of aryl methyl sites for hydroxylation is 2. The van der Waals surface area contributed by atoms with Crippen LogP contribution in [0.1, 0.15) is 46.3 Å². The van der Waals surface area contributed by atoms with Gasteiger partial charge in [-0.1, -0.05) is 0 Å². The van der Waals surface area contributed by atoms with Gasteiger partial charge in [0.05, 0.1) is 17.8 Å². The number of likely N-dealkylation sites (tertiary alicyclic amines) is 1. The van der Waals surface area contributed by atoms with Crippen molar-refractivity contribution in [1.29, 1.82) is 0 Å². The molecular formula is C17H25NO3S. The predicted octanol–water partition coefficient (Wildman–Crippen LogP) is 2.76. The first-order valence-corrected chi connectivity index (χ1v) is 8.95. The average Bonchev–Trinajstić information content (AvgIpc) is 2.85. The number of hydrogen-bond acceptors (Lipinski definition) is 4. The summed E-state index contributed by atoms with van der Waals surface area (Å²) in [7, 11) is 0. The van der Waals surface area contributed by atoms with Crippen molar-refractivity contribution >= 4 is 17.2 Å². The quantitative estimate of drug-likeness (QED) is 0.930. The smallest absolute Gasteiger partial charge is 0.254 e. The molecule has 1 saturated heterocycles. The van der Waals surface area contributed by atoms with Crippen molar-refractivity contribution in [3.05, 3.63) is 21.4 Å². The molecule has 1 aliphatic carbocycles. The van der Waals surface area contributed by atoms with Crippen molar-refractivity contribution in [3.8, 4) is 0 Å². The van der Waals surface area contributed by atoms with Gasteiger partial charge in [-0.05, 0) is 39.7 Å². The van der Waals surface area contributed by atoms with Crippen LogP contribution >= 0.6 is 11.3 Å². The Morgan fingerprint density at radius 1 is 1.45 bits per heavy atom. The average molecular weight is 323 g/mol. The van der Waals surface area contributed by atoms with E-state index in [0.717, 1.165) is 29.7 Å². The Hall–Kier alpha value is -0.910. The Bertz CT molecular complexity index is 558. The fourth-order valence-corrected chi connectivity index (χ4v) is 4.87. The molecule has 4 nitrogen and oxygen atoms in total. The lowest BCUT2D eigenvalue weighted by molar-refractivity contribution is -0.207. The summed E-state index contributed by atoms with van der Waals surface area (Å²) in [5.41, 5.74) is 0.723. The number of carbonyl (C=O) groups excluding carboxylic acids is 1. The van der Waals surface area contributed by atoms with Crippen molar-refractivity contribution in [2.24, 2.45) is 5.41 Å². The number of thiophene rings is 1. The lowest BCUT2D eigenvalue weighted by atomic mass is 9.58. The molecule has 1 spiro atoms. The van der Waals surface area contributed by atoms with Gasteiger partial charge in [-0.2, -0.15) is 0 Å². The number of piperidine rings is 1. The van der Waals surface area contributed by atoms with Crippen LogP contribution in [-0.2, 0) is 4.74 Å². The van der Waals surface area contributed by atoms with E-state index in [-0.39, 0.29) is 23.5 Å². The molecule has 1 aromatic heterocycles. The zero-order valence-corrected chi connectivity index (χ0v) is 14.4. The minimum Gasteiger partial charge on any atom is -0.392 e. The van der Waals surface area contributed by atoms with E-state index in [1.54, 1.807) is 11.3 Å². The van der Waals surface area contributed by atoms with Gasteiger partial charge in [0.2, 0.25) is 0 Å². The Morgan fingerprint density at radius 2 is 2.14 bits per heavy atom. The second-order valence-corrected chi connectivity index (χ2v) is 8.01. The molecule has 122 valence electrons. The van der Waals surface area contributed by atoms with Gasteiger partial charge in [-0.3, -0.25) is 4.79 Å². The Balaban J connectivity index is 1.67. The first-order valence-electron chi connectivity index (χ1n) is 8.14. The zero-order valence-electron chi connectivity index (χ0n) is 13.6. The summed E-state index contributed by atoms with van der Waals surface area (Å²) in [6, 6.07) is 1.99. The molecule has 0 aromatic carbocycles. The standard InChI is InChI=1S/C17H25NO3S/c1-4-21-15-10-14(19)17(15)5-7-18(8-6-17)16(20)13-9-11(2)22-12(13)3/h9,14-15,19H,4-8,10H2,1-3H3/t14-,15+/m1/s1. The van der Waals surface area contributed by atoms with Crippen LogP contribution < -0.4 is 0 Å². The highest BCUT2D eigenvalue weighted by Gasteiger charge is 2.56. The number of carbonyl (C=O) groups is 1. The maximum atomic E-state index is 12.7. The van der Waals surface area contributed by atoms with E-state index in [2.05, 4.69) is 0 Å². The van der Waals surface area contributed by atoms with Crippen LogP contribution in [0.3, 0.4) is 0 Å². The minimum atomic E-state index is -0.272. The molecule has 2 aliphatic rings. The third-order valence-corrected chi connectivity index (χ3v) is 6.33. The molecule has 1 N–H and O–H groups in total. The molecular weight excluding hydrogens is 298 g/mol. The lowest BCUT2D eigenvalue weighted by Gasteiger charge is -2.56. The maximum absolute atomic E-state index is 12.7. The zero-order chi connectivity index (χ0) is 15.9. The van der Waals surface area contributed by atoms with Crippen LogP contribution in [-0.4, -0.2) is 47.8 Å². The fraction of sp³-hybridized carbons (Fsp3) is 0.706. The monoisotopic (exact) mass is 323 g/mol. The Labute approximate surface area is 136 Å². The number of rotatable bonds is 3. The molecule has 1 amide bonds. The van der Waals surface area contributed by atoms with Crippen LogP contribution in [0.4, 0.5) is 0 Å². The molecule has 2 atom stereocenters. The highest BCUT2D eigenvalue weighted by Crippen LogP contribution is 2.51. The number of ether oxygens (including phenoxy) is 1. The number of aliphatic hydroxyl groups is 1. The molecule has 1 aromatic rings. The molecule has 0 bridgehead atoms. The summed E-state index contributed by atoms with van der Waals surface area (Å²) in [4.78, 5) is 16.9. The van der Waals surface area contributed by atoms with Gasteiger partial charge in [0.1, 0.15) is 0 Å². The summed E-state index contributed by atoms with van der Waals surface area (Å²) in [5, 5.41) is 10.2. The van der Waals surface area contributed by atoms with E-state index in [1.807, 2.05) is 31.7 Å². The lowest BCUT2D eigenvalue weighted by Crippen LogP contribution is -2.62. The second kappa shape index (κ2) is 5.95. The first kappa shape index (κ1) is 16.0. The second-order valence-electron chi connectivity index (χ2n) is 6.55. The molecule has 0 radical (unpaired) electrons. The van der Waals surface area contributed by atoms with E-state index >= 15 is 0 Å². The van der Waals surface area contributed by atoms with Crippen LogP contribution in [0.15, 0.2) is 6.07 Å². The molecule has 1 saturated carbocycles. The van der Waals surface area contributed by atoms with Crippen LogP contribution in [0.2, 0.25) is 0 Å². The molecule has 5 heteroatoms. The normalized spacial score (nSPS) is 27.0. The third-order valence-electron chi connectivity index (χ3n) is 5.36. The van der Waals surface area contributed by atoms with E-state index in [9.17, 15) is 9.90 Å². The maximum Gasteiger partial charge on any atom is 0.254 e. The third kappa shape index (κ3) is 2.49. The SMILES string of the molecule is CCO[C@H]1C[C@@H](O)C12CCN(C(=O)c1cc(C)sc1C)CC2. The number of aliphatic hydroxyl groups excluding tert-OH is 1. The van der Waals surface area contributed by atoms with Crippen molar-refractivity contribution in [1.82, 2.24) is 4.90 Å². The van der Waals surface area contributed by atoms with Crippen molar-refractivity contribution in [2.75, 3.05) is 19.7 Å². The van der Waals surface area contributed by atoms with Gasteiger partial charge in [0.15, 0.2) is 0 Å². The molecule has 2 fully saturated rings. The molecule has 0 unspecified atom stereocenters. The summed E-state index contributed by atoms with van der Waals surface area (Å²) < 4.78 is 5.78. The van der Waals surface area contributed by atoms with E-state index in [0.29, 0.717) is 19.7 Å². The molecule has 1 aliphatic heterocycles. The number of nitrogens with zero attached hydrogens (tertiary/aromatic N) is 1. The minimum absolute atomic E-state index is 0.119. The van der Waals surface area contributed by atoms with Gasteiger partial charge in [-0.15, -0.1) is 11.3 Å². The first-order chi connectivity index (χ1) is 10.5. The largest absolute Gasteiger partial charge is 0.392 e. The topological polar surface area (TPSA) is 49.8 Å². The van der Waals surface area contributed by atoms with Crippen molar-refractivity contribution < 1.29 is 14.6 Å². The number of hydrogen-bond donors (Lipinski definition) is 1. The molecule has 22 heavy (non-hydrogen) atoms. The Morgan fingerprint density at radius 3 is 2.64 bits per heavy atom. The highest BCUT2D eigenvalue weighted by molar-refractivity contribution is 7.12. The summed E-state index contributed by atoms with van der Waals surface area (Å²) in [6.45, 7) is 8.17. The molecule has 3 rings (SSSR count). The van der Waals surface area contributed by atoms with Gasteiger partial charge in [0.25, 0.3) is 5.91 Å². The van der Waals surface area contributed by atoms with Gasteiger partial charge in [-0.25, -0.2) is 0 Å². The van der Waals surface area contributed by atoms with E-state index in [1.165, 1.54) is 4.88 Å². The van der Waals surface area contributed by atoms with Crippen LogP contribution in [0, 0.1) is 19.3 Å².